The third kappa shape index (κ3) is 5.48. The molecule has 9 heteroatoms. The van der Waals surface area contributed by atoms with E-state index in [1.54, 1.807) is 0 Å². The van der Waals surface area contributed by atoms with Gasteiger partial charge in [-0.25, -0.2) is 13.2 Å². The Kier molecular flexibility index (Phi) is 7.07. The van der Waals surface area contributed by atoms with Crippen LogP contribution in [0.4, 0.5) is 8.78 Å². The number of alkyl halides is 2. The van der Waals surface area contributed by atoms with E-state index in [0.717, 1.165) is 62.8 Å². The Balaban J connectivity index is 1.86. The van der Waals surface area contributed by atoms with Crippen molar-refractivity contribution in [3.8, 4) is 0 Å². The number of amides is 1. The molecule has 1 aliphatic rings. The second-order valence-corrected chi connectivity index (χ2v) is 8.08. The van der Waals surface area contributed by atoms with Crippen molar-refractivity contribution in [2.45, 2.75) is 55.2 Å². The van der Waals surface area contributed by atoms with E-state index in [2.05, 4.69) is 5.32 Å². The standard InChI is InChI=1S/C17H21F2NO5S/c18-17(19)26(23,24)14-9-7-12(8-10-14)16(22)25-11-15(21)20-13-5-3-1-2-4-6-13/h7-10,13,17H,1-6,11H2,(H,20,21). The molecule has 26 heavy (non-hydrogen) atoms. The number of rotatable bonds is 6. The summed E-state index contributed by atoms with van der Waals surface area (Å²) in [4.78, 5) is 23.2. The van der Waals surface area contributed by atoms with Gasteiger partial charge in [0, 0.05) is 6.04 Å². The molecule has 6 nitrogen and oxygen atoms in total. The summed E-state index contributed by atoms with van der Waals surface area (Å²) in [6.45, 7) is -0.452. The third-order valence-corrected chi connectivity index (χ3v) is 5.61. The first-order valence-corrected chi connectivity index (χ1v) is 9.94. The number of hydrogen-bond acceptors (Lipinski definition) is 5. The van der Waals surface area contributed by atoms with Gasteiger partial charge in [0.05, 0.1) is 10.5 Å². The number of sulfone groups is 1. The van der Waals surface area contributed by atoms with E-state index in [1.165, 1.54) is 0 Å². The molecule has 1 N–H and O–H groups in total. The van der Waals surface area contributed by atoms with Crippen molar-refractivity contribution in [2.24, 2.45) is 0 Å². The molecule has 0 unspecified atom stereocenters. The Bertz CT molecular complexity index is 726. The second kappa shape index (κ2) is 9.07. The summed E-state index contributed by atoms with van der Waals surface area (Å²) < 4.78 is 52.5. The van der Waals surface area contributed by atoms with Gasteiger partial charge in [-0.15, -0.1) is 0 Å². The lowest BCUT2D eigenvalue weighted by atomic mass is 10.1. The quantitative estimate of drug-likeness (QED) is 0.597. The number of halogens is 2. The van der Waals surface area contributed by atoms with Crippen molar-refractivity contribution >= 4 is 21.7 Å². The molecule has 0 radical (unpaired) electrons. The molecule has 1 aromatic carbocycles. The van der Waals surface area contributed by atoms with Crippen molar-refractivity contribution in [1.82, 2.24) is 5.32 Å². The molecule has 0 saturated heterocycles. The molecule has 1 amide bonds. The monoisotopic (exact) mass is 389 g/mol. The summed E-state index contributed by atoms with van der Waals surface area (Å²) >= 11 is 0. The number of esters is 1. The summed E-state index contributed by atoms with van der Waals surface area (Å²) in [6.07, 6.45) is 6.22. The summed E-state index contributed by atoms with van der Waals surface area (Å²) in [5, 5.41) is 2.83. The summed E-state index contributed by atoms with van der Waals surface area (Å²) in [6, 6.07) is 4.04. The zero-order valence-corrected chi connectivity index (χ0v) is 14.9. The van der Waals surface area contributed by atoms with E-state index in [9.17, 15) is 26.8 Å². The summed E-state index contributed by atoms with van der Waals surface area (Å²) in [5.41, 5.74) is -0.0273. The number of benzene rings is 1. The molecule has 1 aromatic rings. The lowest BCUT2D eigenvalue weighted by Gasteiger charge is -2.16. The van der Waals surface area contributed by atoms with Gasteiger partial charge in [-0.1, -0.05) is 25.7 Å². The van der Waals surface area contributed by atoms with E-state index in [1.807, 2.05) is 0 Å². The van der Waals surface area contributed by atoms with E-state index in [4.69, 9.17) is 4.74 Å². The minimum atomic E-state index is -4.71. The molecule has 0 atom stereocenters. The highest BCUT2D eigenvalue weighted by molar-refractivity contribution is 7.91. The maximum atomic E-state index is 12.5. The first-order chi connectivity index (χ1) is 12.3. The first kappa shape index (κ1) is 20.3. The van der Waals surface area contributed by atoms with Crippen LogP contribution in [0.5, 0.6) is 0 Å². The molecule has 0 aromatic heterocycles. The molecule has 1 fully saturated rings. The van der Waals surface area contributed by atoms with Crippen molar-refractivity contribution in [3.63, 3.8) is 0 Å². The van der Waals surface area contributed by atoms with Gasteiger partial charge >= 0.3 is 11.7 Å². The normalized spacial score (nSPS) is 16.1. The fourth-order valence-corrected chi connectivity index (χ4v) is 3.51. The smallest absolute Gasteiger partial charge is 0.341 e. The van der Waals surface area contributed by atoms with Crippen LogP contribution in [-0.4, -0.2) is 38.7 Å². The average molecular weight is 389 g/mol. The summed E-state index contributed by atoms with van der Waals surface area (Å²) in [5.74, 6) is -4.77. The van der Waals surface area contributed by atoms with Gasteiger partial charge in [0.15, 0.2) is 6.61 Å². The molecular weight excluding hydrogens is 368 g/mol. The fraction of sp³-hybridized carbons (Fsp3) is 0.529. The Morgan fingerprint density at radius 2 is 1.65 bits per heavy atom. The van der Waals surface area contributed by atoms with Gasteiger partial charge in [-0.05, 0) is 37.1 Å². The Morgan fingerprint density at radius 3 is 2.19 bits per heavy atom. The number of hydrogen-bond donors (Lipinski definition) is 1. The number of nitrogens with one attached hydrogen (secondary N) is 1. The minimum Gasteiger partial charge on any atom is -0.452 e. The molecule has 0 heterocycles. The molecule has 1 saturated carbocycles. The van der Waals surface area contributed by atoms with E-state index >= 15 is 0 Å². The number of carbonyl (C=O) groups excluding carboxylic acids is 2. The number of carbonyl (C=O) groups is 2. The lowest BCUT2D eigenvalue weighted by Crippen LogP contribution is -2.37. The molecule has 144 valence electrons. The van der Waals surface area contributed by atoms with E-state index < -0.39 is 39.0 Å². The fourth-order valence-electron chi connectivity index (χ4n) is 2.79. The van der Waals surface area contributed by atoms with Crippen LogP contribution in [0.25, 0.3) is 0 Å². The van der Waals surface area contributed by atoms with E-state index in [0.29, 0.717) is 0 Å². The SMILES string of the molecule is O=C(COC(=O)c1ccc(S(=O)(=O)C(F)F)cc1)NC1CCCCCC1. The van der Waals surface area contributed by atoms with Crippen molar-refractivity contribution in [2.75, 3.05) is 6.61 Å². The van der Waals surface area contributed by atoms with Gasteiger partial charge in [0.1, 0.15) is 0 Å². The largest absolute Gasteiger partial charge is 0.452 e. The highest BCUT2D eigenvalue weighted by atomic mass is 32.2. The second-order valence-electron chi connectivity index (χ2n) is 6.16. The van der Waals surface area contributed by atoms with Crippen LogP contribution in [0.15, 0.2) is 29.2 Å². The summed E-state index contributed by atoms with van der Waals surface area (Å²) in [7, 11) is -4.71. The Hall–Kier alpha value is -2.03. The van der Waals surface area contributed by atoms with Gasteiger partial charge < -0.3 is 10.1 Å². The Morgan fingerprint density at radius 1 is 1.08 bits per heavy atom. The molecular formula is C17H21F2NO5S. The van der Waals surface area contributed by atoms with Gasteiger partial charge in [0.2, 0.25) is 9.84 Å². The maximum Gasteiger partial charge on any atom is 0.341 e. The van der Waals surface area contributed by atoms with Crippen LogP contribution in [-0.2, 0) is 19.4 Å². The minimum absolute atomic E-state index is 0.0273. The zero-order chi connectivity index (χ0) is 19.2. The Labute approximate surface area is 150 Å². The molecule has 0 bridgehead atoms. The van der Waals surface area contributed by atoms with Crippen LogP contribution >= 0.6 is 0 Å². The van der Waals surface area contributed by atoms with E-state index in [-0.39, 0.29) is 11.6 Å². The average Bonchev–Trinajstić information content (AvgIpc) is 2.88. The van der Waals surface area contributed by atoms with Gasteiger partial charge in [-0.3, -0.25) is 4.79 Å². The van der Waals surface area contributed by atoms with Crippen LogP contribution in [0.2, 0.25) is 0 Å². The lowest BCUT2D eigenvalue weighted by molar-refractivity contribution is -0.125. The predicted molar refractivity (Wildman–Crippen MR) is 89.5 cm³/mol. The third-order valence-electron chi connectivity index (χ3n) is 4.21. The molecule has 0 aliphatic heterocycles. The van der Waals surface area contributed by atoms with Crippen LogP contribution < -0.4 is 5.32 Å². The predicted octanol–water partition coefficient (Wildman–Crippen LogP) is 2.68. The van der Waals surface area contributed by atoms with Crippen LogP contribution in [0.3, 0.4) is 0 Å². The molecule has 1 aliphatic carbocycles. The topological polar surface area (TPSA) is 89.5 Å². The van der Waals surface area contributed by atoms with Crippen molar-refractivity contribution in [1.29, 1.82) is 0 Å². The van der Waals surface area contributed by atoms with Gasteiger partial charge in [0.25, 0.3) is 5.91 Å². The van der Waals surface area contributed by atoms with Crippen molar-refractivity contribution < 1.29 is 31.5 Å². The first-order valence-electron chi connectivity index (χ1n) is 8.39. The van der Waals surface area contributed by atoms with Crippen LogP contribution in [0, 0.1) is 0 Å². The molecule has 2 rings (SSSR count). The van der Waals surface area contributed by atoms with Gasteiger partial charge in [-0.2, -0.15) is 8.78 Å². The highest BCUT2D eigenvalue weighted by Crippen LogP contribution is 2.19. The number of ether oxygens (including phenoxy) is 1. The highest BCUT2D eigenvalue weighted by Gasteiger charge is 2.26. The maximum absolute atomic E-state index is 12.5. The molecule has 0 spiro atoms. The van der Waals surface area contributed by atoms with Crippen LogP contribution in [0.1, 0.15) is 48.9 Å². The zero-order valence-electron chi connectivity index (χ0n) is 14.1. The van der Waals surface area contributed by atoms with Crippen molar-refractivity contribution in [3.05, 3.63) is 29.8 Å².